The number of rotatable bonds is 5. The van der Waals surface area contributed by atoms with Crippen LogP contribution in [0.4, 0.5) is 17.1 Å². The first-order valence-electron chi connectivity index (χ1n) is 6.16. The van der Waals surface area contributed by atoms with Gasteiger partial charge in [0.1, 0.15) is 11.5 Å². The van der Waals surface area contributed by atoms with Gasteiger partial charge in [0.15, 0.2) is 0 Å². The summed E-state index contributed by atoms with van der Waals surface area (Å²) in [6, 6.07) is 13.3. The van der Waals surface area contributed by atoms with Crippen LogP contribution >= 0.6 is 0 Å². The lowest BCUT2D eigenvalue weighted by Crippen LogP contribution is -1.98. The van der Waals surface area contributed by atoms with Gasteiger partial charge >= 0.3 is 0 Å². The third-order valence-electron chi connectivity index (χ3n) is 2.63. The first-order valence-corrected chi connectivity index (χ1v) is 6.16. The average molecular weight is 258 g/mol. The molecule has 0 heterocycles. The fourth-order valence-corrected chi connectivity index (χ4v) is 1.82. The maximum Gasteiger partial charge on any atom is 0.142 e. The van der Waals surface area contributed by atoms with E-state index in [1.54, 1.807) is 13.2 Å². The zero-order valence-electron chi connectivity index (χ0n) is 11.1. The standard InChI is InChI=1S/C15H18N2O2/c1-3-19-15-7-5-4-6-14(15)17-12-8-11(16)9-13(10-12)18-2/h4-10,17H,3,16H2,1-2H3. The number of nitrogens with one attached hydrogen (secondary N) is 1. The van der Waals surface area contributed by atoms with E-state index < -0.39 is 0 Å². The minimum atomic E-state index is 0.624. The van der Waals surface area contributed by atoms with Gasteiger partial charge in [-0.1, -0.05) is 12.1 Å². The van der Waals surface area contributed by atoms with Crippen molar-refractivity contribution in [2.24, 2.45) is 0 Å². The molecule has 3 N–H and O–H groups in total. The topological polar surface area (TPSA) is 56.5 Å². The van der Waals surface area contributed by atoms with Crippen molar-refractivity contribution in [3.63, 3.8) is 0 Å². The van der Waals surface area contributed by atoms with E-state index in [1.807, 2.05) is 43.3 Å². The molecule has 2 rings (SSSR count). The molecule has 0 fully saturated rings. The number of anilines is 3. The largest absolute Gasteiger partial charge is 0.497 e. The molecule has 0 atom stereocenters. The molecule has 0 aliphatic rings. The summed E-state index contributed by atoms with van der Waals surface area (Å²) in [5.74, 6) is 1.53. The van der Waals surface area contributed by atoms with Gasteiger partial charge < -0.3 is 20.5 Å². The van der Waals surface area contributed by atoms with Gasteiger partial charge in [-0.05, 0) is 25.1 Å². The van der Waals surface area contributed by atoms with E-state index in [9.17, 15) is 0 Å². The van der Waals surface area contributed by atoms with Crippen molar-refractivity contribution in [1.29, 1.82) is 0 Å². The number of ether oxygens (including phenoxy) is 2. The van der Waals surface area contributed by atoms with Crippen LogP contribution in [0.3, 0.4) is 0 Å². The minimum absolute atomic E-state index is 0.624. The molecule has 4 nitrogen and oxygen atoms in total. The molecular weight excluding hydrogens is 240 g/mol. The van der Waals surface area contributed by atoms with E-state index in [-0.39, 0.29) is 0 Å². The fourth-order valence-electron chi connectivity index (χ4n) is 1.82. The van der Waals surface area contributed by atoms with Crippen LogP contribution in [-0.2, 0) is 0 Å². The van der Waals surface area contributed by atoms with Gasteiger partial charge in [0.2, 0.25) is 0 Å². The summed E-state index contributed by atoms with van der Waals surface area (Å²) >= 11 is 0. The molecule has 0 spiro atoms. The van der Waals surface area contributed by atoms with Crippen LogP contribution in [0.25, 0.3) is 0 Å². The Labute approximate surface area is 113 Å². The number of nitrogen functional groups attached to an aromatic ring is 1. The van der Waals surface area contributed by atoms with E-state index in [0.717, 1.165) is 22.9 Å². The predicted octanol–water partition coefficient (Wildman–Crippen LogP) is 3.42. The molecule has 19 heavy (non-hydrogen) atoms. The molecule has 0 aromatic heterocycles. The molecule has 0 bridgehead atoms. The van der Waals surface area contributed by atoms with E-state index in [2.05, 4.69) is 5.32 Å². The van der Waals surface area contributed by atoms with Crippen LogP contribution in [0.1, 0.15) is 6.92 Å². The number of benzene rings is 2. The monoisotopic (exact) mass is 258 g/mol. The second kappa shape index (κ2) is 6.00. The first kappa shape index (κ1) is 13.1. The molecule has 0 aliphatic heterocycles. The molecule has 100 valence electrons. The second-order valence-electron chi connectivity index (χ2n) is 4.05. The normalized spacial score (nSPS) is 10.0. The Bertz CT molecular complexity index is 556. The molecule has 0 saturated carbocycles. The lowest BCUT2D eigenvalue weighted by molar-refractivity contribution is 0.342. The highest BCUT2D eigenvalue weighted by molar-refractivity contribution is 5.70. The minimum Gasteiger partial charge on any atom is -0.497 e. The number of hydrogen-bond donors (Lipinski definition) is 2. The maximum absolute atomic E-state index is 5.83. The quantitative estimate of drug-likeness (QED) is 0.807. The van der Waals surface area contributed by atoms with Gasteiger partial charge in [-0.2, -0.15) is 0 Å². The molecule has 2 aromatic carbocycles. The lowest BCUT2D eigenvalue weighted by Gasteiger charge is -2.13. The van der Waals surface area contributed by atoms with Crippen molar-refractivity contribution in [3.05, 3.63) is 42.5 Å². The first-order chi connectivity index (χ1) is 9.22. The van der Waals surface area contributed by atoms with Crippen LogP contribution in [0, 0.1) is 0 Å². The van der Waals surface area contributed by atoms with E-state index in [1.165, 1.54) is 0 Å². The van der Waals surface area contributed by atoms with E-state index in [4.69, 9.17) is 15.2 Å². The summed E-state index contributed by atoms with van der Waals surface area (Å²) in [5, 5.41) is 3.29. The van der Waals surface area contributed by atoms with Crippen molar-refractivity contribution < 1.29 is 9.47 Å². The van der Waals surface area contributed by atoms with Gasteiger partial charge in [-0.3, -0.25) is 0 Å². The van der Waals surface area contributed by atoms with Crippen LogP contribution in [-0.4, -0.2) is 13.7 Å². The molecule has 0 aliphatic carbocycles. The maximum atomic E-state index is 5.83. The Morgan fingerprint density at radius 2 is 1.95 bits per heavy atom. The van der Waals surface area contributed by atoms with E-state index in [0.29, 0.717) is 12.3 Å². The van der Waals surface area contributed by atoms with Crippen molar-refractivity contribution in [1.82, 2.24) is 0 Å². The van der Waals surface area contributed by atoms with Crippen LogP contribution in [0.2, 0.25) is 0 Å². The van der Waals surface area contributed by atoms with E-state index >= 15 is 0 Å². The average Bonchev–Trinajstić information content (AvgIpc) is 2.40. The third kappa shape index (κ3) is 3.31. The molecule has 0 saturated heterocycles. The molecule has 0 amide bonds. The summed E-state index contributed by atoms with van der Waals surface area (Å²) in [7, 11) is 1.62. The number of nitrogens with two attached hydrogens (primary N) is 1. The molecule has 0 unspecified atom stereocenters. The number of methoxy groups -OCH3 is 1. The Morgan fingerprint density at radius 3 is 2.68 bits per heavy atom. The Kier molecular flexibility index (Phi) is 4.13. The summed E-state index contributed by atoms with van der Waals surface area (Å²) in [6.07, 6.45) is 0. The van der Waals surface area contributed by atoms with Gasteiger partial charge in [0.25, 0.3) is 0 Å². The van der Waals surface area contributed by atoms with Crippen molar-refractivity contribution >= 4 is 17.1 Å². The second-order valence-corrected chi connectivity index (χ2v) is 4.05. The van der Waals surface area contributed by atoms with Crippen LogP contribution in [0.15, 0.2) is 42.5 Å². The number of para-hydroxylation sites is 2. The van der Waals surface area contributed by atoms with Gasteiger partial charge in [-0.15, -0.1) is 0 Å². The number of hydrogen-bond acceptors (Lipinski definition) is 4. The highest BCUT2D eigenvalue weighted by atomic mass is 16.5. The summed E-state index contributed by atoms with van der Waals surface area (Å²) in [4.78, 5) is 0. The van der Waals surface area contributed by atoms with Crippen molar-refractivity contribution in [2.45, 2.75) is 6.92 Å². The highest BCUT2D eigenvalue weighted by Gasteiger charge is 2.04. The Morgan fingerprint density at radius 1 is 1.16 bits per heavy atom. The third-order valence-corrected chi connectivity index (χ3v) is 2.63. The zero-order chi connectivity index (χ0) is 13.7. The molecule has 0 radical (unpaired) electrons. The van der Waals surface area contributed by atoms with Crippen molar-refractivity contribution in [2.75, 3.05) is 24.8 Å². The summed E-state index contributed by atoms with van der Waals surface area (Å²) in [5.41, 5.74) is 8.25. The molecule has 2 aromatic rings. The predicted molar refractivity (Wildman–Crippen MR) is 78.3 cm³/mol. The smallest absolute Gasteiger partial charge is 0.142 e. The van der Waals surface area contributed by atoms with Gasteiger partial charge in [0.05, 0.1) is 19.4 Å². The Hall–Kier alpha value is -2.36. The summed E-state index contributed by atoms with van der Waals surface area (Å²) in [6.45, 7) is 2.58. The molecular formula is C15H18N2O2. The SMILES string of the molecule is CCOc1ccccc1Nc1cc(N)cc(OC)c1. The molecule has 4 heteroatoms. The Balaban J connectivity index is 2.28. The zero-order valence-corrected chi connectivity index (χ0v) is 11.1. The summed E-state index contributed by atoms with van der Waals surface area (Å²) < 4.78 is 10.8. The van der Waals surface area contributed by atoms with Gasteiger partial charge in [-0.25, -0.2) is 0 Å². The van der Waals surface area contributed by atoms with Crippen LogP contribution in [0.5, 0.6) is 11.5 Å². The van der Waals surface area contributed by atoms with Gasteiger partial charge in [0, 0.05) is 23.5 Å². The fraction of sp³-hybridized carbons (Fsp3) is 0.200. The van der Waals surface area contributed by atoms with Crippen LogP contribution < -0.4 is 20.5 Å². The lowest BCUT2D eigenvalue weighted by atomic mass is 10.2. The van der Waals surface area contributed by atoms with Crippen molar-refractivity contribution in [3.8, 4) is 11.5 Å². The highest BCUT2D eigenvalue weighted by Crippen LogP contribution is 2.30.